The van der Waals surface area contributed by atoms with Crippen molar-refractivity contribution in [1.29, 1.82) is 0 Å². The molecular weight excluding hydrogens is 431 g/mol. The molecule has 0 spiro atoms. The summed E-state index contributed by atoms with van der Waals surface area (Å²) in [4.78, 5) is 25.7. The first-order valence-electron chi connectivity index (χ1n) is 8.56. The molecule has 0 saturated carbocycles. The van der Waals surface area contributed by atoms with Gasteiger partial charge in [-0.2, -0.15) is 9.36 Å². The monoisotopic (exact) mass is 443 g/mol. The second kappa shape index (κ2) is 8.27. The Morgan fingerprint density at radius 3 is 2.55 bits per heavy atom. The van der Waals surface area contributed by atoms with Crippen molar-refractivity contribution in [2.45, 2.75) is 16.9 Å². The van der Waals surface area contributed by atoms with Gasteiger partial charge < -0.3 is 10.3 Å². The summed E-state index contributed by atoms with van der Waals surface area (Å²) in [7, 11) is 0. The Labute approximate surface area is 176 Å². The number of benzene rings is 2. The van der Waals surface area contributed by atoms with Crippen LogP contribution in [0.2, 0.25) is 0 Å². The van der Waals surface area contributed by atoms with Gasteiger partial charge in [-0.1, -0.05) is 23.1 Å². The summed E-state index contributed by atoms with van der Waals surface area (Å²) in [5.41, 5.74) is 0.865. The number of hydrogen-bond donors (Lipinski definition) is 2. The predicted molar refractivity (Wildman–Crippen MR) is 101 cm³/mol. The Morgan fingerprint density at radius 1 is 1.13 bits per heavy atom. The fourth-order valence-electron chi connectivity index (χ4n) is 2.60. The Morgan fingerprint density at radius 2 is 1.87 bits per heavy atom. The number of aromatic nitrogens is 7. The van der Waals surface area contributed by atoms with Crippen LogP contribution in [0.4, 0.5) is 10.3 Å². The molecule has 0 aliphatic carbocycles. The molecule has 2 N–H and O–H groups in total. The van der Waals surface area contributed by atoms with Gasteiger partial charge in [-0.05, 0) is 45.7 Å². The molecule has 0 radical (unpaired) electrons. The molecule has 0 bridgehead atoms. The van der Waals surface area contributed by atoms with E-state index in [4.69, 9.17) is 5.11 Å². The van der Waals surface area contributed by atoms with Gasteiger partial charge in [0.2, 0.25) is 5.16 Å². The van der Waals surface area contributed by atoms with Gasteiger partial charge in [0.1, 0.15) is 5.82 Å². The lowest BCUT2D eigenvalue weighted by atomic mass is 10.2. The van der Waals surface area contributed by atoms with E-state index in [1.807, 2.05) is 0 Å². The highest BCUT2D eigenvalue weighted by molar-refractivity contribution is 7.99. The standard InChI is InChI=1S/C17H11FN8O4S/c18-13-4-2-1-3-11(13)9-24-16(19-15(21-24)26(29)30)31-17-20-22-23-25(17)12-7-5-10(6-8-12)14(27)28/h1-8H,9H2,(H-,27,28,29,30)/p+1. The Kier molecular flexibility index (Phi) is 5.36. The summed E-state index contributed by atoms with van der Waals surface area (Å²) < 4.78 is 16.6. The molecule has 4 aromatic rings. The lowest BCUT2D eigenvalue weighted by Crippen LogP contribution is -2.07. The normalized spacial score (nSPS) is 10.9. The maximum absolute atomic E-state index is 14.1. The molecule has 0 saturated heterocycles. The van der Waals surface area contributed by atoms with Gasteiger partial charge >= 0.3 is 11.9 Å². The highest BCUT2D eigenvalue weighted by Gasteiger charge is 2.28. The summed E-state index contributed by atoms with van der Waals surface area (Å²) in [5, 5.41) is 33.8. The number of tetrazole rings is 1. The smallest absolute Gasteiger partial charge is 0.478 e. The molecule has 2 aromatic carbocycles. The van der Waals surface area contributed by atoms with Crippen LogP contribution in [-0.2, 0) is 6.54 Å². The number of halogens is 1. The van der Waals surface area contributed by atoms with E-state index in [2.05, 4.69) is 25.6 Å². The van der Waals surface area contributed by atoms with Gasteiger partial charge in [-0.15, -0.1) is 5.10 Å². The van der Waals surface area contributed by atoms with Gasteiger partial charge in [-0.25, -0.2) is 9.18 Å². The predicted octanol–water partition coefficient (Wildman–Crippen LogP) is 2.09. The van der Waals surface area contributed by atoms with Crippen molar-refractivity contribution in [3.8, 4) is 5.69 Å². The van der Waals surface area contributed by atoms with E-state index >= 15 is 0 Å². The molecule has 2 heterocycles. The van der Waals surface area contributed by atoms with E-state index < -0.39 is 22.7 Å². The summed E-state index contributed by atoms with van der Waals surface area (Å²) in [6, 6.07) is 11.9. The second-order valence-electron chi connectivity index (χ2n) is 6.04. The summed E-state index contributed by atoms with van der Waals surface area (Å²) in [6.45, 7) is -0.0648. The van der Waals surface area contributed by atoms with Crippen LogP contribution in [0.1, 0.15) is 15.9 Å². The maximum atomic E-state index is 14.1. The van der Waals surface area contributed by atoms with Crippen LogP contribution in [0.25, 0.3) is 5.69 Å². The highest BCUT2D eigenvalue weighted by Crippen LogP contribution is 2.28. The van der Waals surface area contributed by atoms with E-state index in [1.165, 1.54) is 45.8 Å². The first-order valence-corrected chi connectivity index (χ1v) is 9.38. The third-order valence-electron chi connectivity index (χ3n) is 4.06. The molecule has 0 amide bonds. The lowest BCUT2D eigenvalue weighted by molar-refractivity contribution is -0.734. The van der Waals surface area contributed by atoms with Crippen LogP contribution in [0.5, 0.6) is 0 Å². The minimum Gasteiger partial charge on any atom is -0.478 e. The molecule has 2 aromatic heterocycles. The van der Waals surface area contributed by atoms with Crippen molar-refractivity contribution in [3.05, 3.63) is 70.4 Å². The fraction of sp³-hybridized carbons (Fsp3) is 0.0588. The molecule has 0 aliphatic heterocycles. The van der Waals surface area contributed by atoms with Crippen LogP contribution in [-0.4, -0.2) is 56.2 Å². The van der Waals surface area contributed by atoms with E-state index in [0.29, 0.717) is 11.3 Å². The van der Waals surface area contributed by atoms with Gasteiger partial charge in [0.05, 0.1) is 17.8 Å². The Hall–Kier alpha value is -4.20. The van der Waals surface area contributed by atoms with E-state index in [9.17, 15) is 19.3 Å². The SMILES string of the molecule is O=C(O)c1ccc(-n2nnnc2Sc2nc([N+](=O)O)nn2Cc2ccccc2F)cc1. The molecule has 4 rings (SSSR count). The van der Waals surface area contributed by atoms with Crippen LogP contribution in [0.3, 0.4) is 0 Å². The van der Waals surface area contributed by atoms with Crippen molar-refractivity contribution in [2.75, 3.05) is 0 Å². The molecule has 31 heavy (non-hydrogen) atoms. The average molecular weight is 443 g/mol. The molecule has 0 unspecified atom stereocenters. The number of aromatic carboxylic acids is 1. The molecule has 0 atom stereocenters. The van der Waals surface area contributed by atoms with Crippen LogP contribution in [0, 0.1) is 10.7 Å². The molecule has 0 aliphatic rings. The van der Waals surface area contributed by atoms with Crippen LogP contribution >= 0.6 is 11.8 Å². The zero-order valence-electron chi connectivity index (χ0n) is 15.4. The van der Waals surface area contributed by atoms with Gasteiger partial charge in [0.15, 0.2) is 4.92 Å². The summed E-state index contributed by atoms with van der Waals surface area (Å²) >= 11 is 0.917. The first kappa shape index (κ1) is 20.1. The van der Waals surface area contributed by atoms with Gasteiger partial charge in [0.25, 0.3) is 5.16 Å². The first-order chi connectivity index (χ1) is 14.9. The quantitative estimate of drug-likeness (QED) is 0.406. The van der Waals surface area contributed by atoms with Crippen molar-refractivity contribution in [1.82, 2.24) is 35.0 Å². The van der Waals surface area contributed by atoms with Gasteiger partial charge in [0, 0.05) is 22.4 Å². The third-order valence-corrected chi connectivity index (χ3v) is 4.98. The van der Waals surface area contributed by atoms with E-state index in [-0.39, 0.29) is 22.4 Å². The minimum absolute atomic E-state index is 0.0648. The molecule has 12 nitrogen and oxygen atoms in total. The number of nitrogens with zero attached hydrogens (tertiary/aromatic N) is 8. The van der Waals surface area contributed by atoms with E-state index in [1.54, 1.807) is 12.1 Å². The molecular formula is C17H12FN8O4S+. The zero-order valence-corrected chi connectivity index (χ0v) is 16.2. The Bertz CT molecular complexity index is 1270. The van der Waals surface area contributed by atoms with E-state index in [0.717, 1.165) is 11.8 Å². The average Bonchev–Trinajstić information content (AvgIpc) is 3.37. The molecule has 14 heteroatoms. The number of rotatable bonds is 7. The number of carboxylic acids is 1. The van der Waals surface area contributed by atoms with Crippen molar-refractivity contribution in [3.63, 3.8) is 0 Å². The fourth-order valence-corrected chi connectivity index (χ4v) is 3.40. The topological polar surface area (TPSA) is 152 Å². The minimum atomic E-state index is -1.07. The van der Waals surface area contributed by atoms with Gasteiger partial charge in [-0.3, -0.25) is 0 Å². The lowest BCUT2D eigenvalue weighted by Gasteiger charge is -2.04. The molecule has 156 valence electrons. The van der Waals surface area contributed by atoms with Crippen LogP contribution < -0.4 is 0 Å². The summed E-state index contributed by atoms with van der Waals surface area (Å²) in [6.07, 6.45) is 0. The number of carboxylic acid groups (broad SMARTS) is 1. The zero-order chi connectivity index (χ0) is 22.0. The van der Waals surface area contributed by atoms with Crippen LogP contribution in [0.15, 0.2) is 58.8 Å². The number of hydrogen-bond acceptors (Lipinski definition) is 8. The Balaban J connectivity index is 1.67. The third kappa shape index (κ3) is 4.23. The highest BCUT2D eigenvalue weighted by atomic mass is 32.2. The van der Waals surface area contributed by atoms with Crippen molar-refractivity contribution >= 4 is 23.7 Å². The van der Waals surface area contributed by atoms with Crippen molar-refractivity contribution in [2.24, 2.45) is 0 Å². The largest absolute Gasteiger partial charge is 0.532 e. The van der Waals surface area contributed by atoms with Crippen molar-refractivity contribution < 1.29 is 24.4 Å². The number of carbonyl (C=O) groups is 1. The maximum Gasteiger partial charge on any atom is 0.532 e. The second-order valence-corrected chi connectivity index (χ2v) is 6.98. The summed E-state index contributed by atoms with van der Waals surface area (Å²) in [5.74, 6) is -2.08. The molecule has 0 fully saturated rings.